The van der Waals surface area contributed by atoms with Gasteiger partial charge in [-0.2, -0.15) is 5.26 Å². The van der Waals surface area contributed by atoms with Crippen molar-refractivity contribution in [2.75, 3.05) is 0 Å². The average molecular weight is 391 g/mol. The van der Waals surface area contributed by atoms with Crippen LogP contribution in [0.1, 0.15) is 46.0 Å². The van der Waals surface area contributed by atoms with E-state index in [9.17, 15) is 14.4 Å². The standard InChI is InChI=1S/C21H24ClFN2O2/c1-20(2,27-17-4-3-15(23)8-16(17)22)19(26)25-18-14-6-12-5-13(7-14)10-21(18,9-12)11-24/h3-4,8,12-14,18H,5-7,9-10H2,1-2H3,(H,25,26)/t12?,13?,14?,18-,21?/m0/s1. The fraction of sp³-hybridized carbons (Fsp3) is 0.619. The Morgan fingerprint density at radius 2 is 2.00 bits per heavy atom. The zero-order valence-corrected chi connectivity index (χ0v) is 16.4. The fourth-order valence-electron chi connectivity index (χ4n) is 5.65. The number of rotatable bonds is 4. The van der Waals surface area contributed by atoms with Gasteiger partial charge in [0.15, 0.2) is 5.60 Å². The lowest BCUT2D eigenvalue weighted by Crippen LogP contribution is -2.64. The van der Waals surface area contributed by atoms with Gasteiger partial charge in [-0.05, 0) is 81.9 Å². The normalized spacial score (nSPS) is 34.2. The number of nitrogens with zero attached hydrogens (tertiary/aromatic N) is 1. The molecule has 1 amide bonds. The monoisotopic (exact) mass is 390 g/mol. The summed E-state index contributed by atoms with van der Waals surface area (Å²) in [7, 11) is 0. The Morgan fingerprint density at radius 3 is 2.59 bits per heavy atom. The minimum absolute atomic E-state index is 0.124. The quantitative estimate of drug-likeness (QED) is 0.824. The van der Waals surface area contributed by atoms with Crippen molar-refractivity contribution < 1.29 is 13.9 Å². The molecule has 4 saturated carbocycles. The number of amides is 1. The molecule has 0 saturated heterocycles. The molecule has 1 aromatic rings. The van der Waals surface area contributed by atoms with Crippen molar-refractivity contribution >= 4 is 17.5 Å². The molecule has 27 heavy (non-hydrogen) atoms. The maximum atomic E-state index is 13.2. The van der Waals surface area contributed by atoms with Crippen LogP contribution in [-0.2, 0) is 4.79 Å². The Labute approximate surface area is 164 Å². The second kappa shape index (κ2) is 6.38. The number of carbonyl (C=O) groups excluding carboxylic acids is 1. The van der Waals surface area contributed by atoms with Gasteiger partial charge in [-0.1, -0.05) is 11.6 Å². The molecular formula is C21H24ClFN2O2. The van der Waals surface area contributed by atoms with Gasteiger partial charge in [0.2, 0.25) is 0 Å². The Hall–Kier alpha value is -1.80. The van der Waals surface area contributed by atoms with Gasteiger partial charge in [0.1, 0.15) is 11.6 Å². The van der Waals surface area contributed by atoms with E-state index < -0.39 is 16.8 Å². The van der Waals surface area contributed by atoms with E-state index >= 15 is 0 Å². The van der Waals surface area contributed by atoms with Crippen molar-refractivity contribution in [2.24, 2.45) is 23.2 Å². The summed E-state index contributed by atoms with van der Waals surface area (Å²) in [6, 6.07) is 6.26. The molecule has 4 nitrogen and oxygen atoms in total. The highest BCUT2D eigenvalue weighted by molar-refractivity contribution is 6.32. The van der Waals surface area contributed by atoms with Crippen LogP contribution in [-0.4, -0.2) is 17.6 Å². The van der Waals surface area contributed by atoms with E-state index in [0.717, 1.165) is 31.7 Å². The summed E-state index contributed by atoms with van der Waals surface area (Å²) in [5, 5.41) is 13.2. The first-order valence-electron chi connectivity index (χ1n) is 9.59. The van der Waals surface area contributed by atoms with Gasteiger partial charge in [-0.3, -0.25) is 4.79 Å². The molecule has 0 heterocycles. The van der Waals surface area contributed by atoms with Crippen LogP contribution in [0, 0.1) is 40.3 Å². The van der Waals surface area contributed by atoms with Crippen LogP contribution in [0.2, 0.25) is 5.02 Å². The zero-order valence-electron chi connectivity index (χ0n) is 15.6. The smallest absolute Gasteiger partial charge is 0.263 e. The van der Waals surface area contributed by atoms with Crippen molar-refractivity contribution in [1.29, 1.82) is 5.26 Å². The van der Waals surface area contributed by atoms with E-state index in [0.29, 0.717) is 17.8 Å². The first-order chi connectivity index (χ1) is 12.7. The minimum Gasteiger partial charge on any atom is -0.476 e. The SMILES string of the molecule is CC(C)(Oc1ccc(F)cc1Cl)C(=O)N[C@H]1C2CC3CC(C2)CC1(C#N)C3. The summed E-state index contributed by atoms with van der Waals surface area (Å²) >= 11 is 6.04. The molecule has 3 atom stereocenters. The molecular weight excluding hydrogens is 367 g/mol. The van der Waals surface area contributed by atoms with E-state index in [2.05, 4.69) is 11.4 Å². The fourth-order valence-corrected chi connectivity index (χ4v) is 5.86. The van der Waals surface area contributed by atoms with Gasteiger partial charge in [0.05, 0.1) is 22.5 Å². The van der Waals surface area contributed by atoms with Crippen molar-refractivity contribution in [3.05, 3.63) is 29.0 Å². The summed E-state index contributed by atoms with van der Waals surface area (Å²) in [5.41, 5.74) is -1.64. The summed E-state index contributed by atoms with van der Waals surface area (Å²) in [6.45, 7) is 3.33. The molecule has 144 valence electrons. The Balaban J connectivity index is 1.51. The van der Waals surface area contributed by atoms with Crippen molar-refractivity contribution in [3.8, 4) is 11.8 Å². The largest absolute Gasteiger partial charge is 0.476 e. The second-order valence-electron chi connectivity index (χ2n) is 9.01. The number of nitriles is 1. The van der Waals surface area contributed by atoms with E-state index in [1.807, 2.05) is 0 Å². The Morgan fingerprint density at radius 1 is 1.33 bits per heavy atom. The molecule has 6 heteroatoms. The topological polar surface area (TPSA) is 62.1 Å². The van der Waals surface area contributed by atoms with Crippen molar-refractivity contribution in [1.82, 2.24) is 5.32 Å². The van der Waals surface area contributed by atoms with Gasteiger partial charge in [-0.15, -0.1) is 0 Å². The van der Waals surface area contributed by atoms with Crippen LogP contribution in [0.5, 0.6) is 5.75 Å². The number of benzene rings is 1. The predicted molar refractivity (Wildman–Crippen MR) is 99.6 cm³/mol. The molecule has 1 aromatic carbocycles. The van der Waals surface area contributed by atoms with Crippen molar-refractivity contribution in [2.45, 2.75) is 57.6 Å². The number of carbonyl (C=O) groups is 1. The zero-order chi connectivity index (χ0) is 19.4. The third-order valence-corrected chi connectivity index (χ3v) is 6.92. The number of hydrogen-bond acceptors (Lipinski definition) is 3. The molecule has 0 aliphatic heterocycles. The highest BCUT2D eigenvalue weighted by Gasteiger charge is 2.58. The van der Waals surface area contributed by atoms with Crippen LogP contribution in [0.3, 0.4) is 0 Å². The number of halogens is 2. The molecule has 0 spiro atoms. The highest BCUT2D eigenvalue weighted by atomic mass is 35.5. The first-order valence-corrected chi connectivity index (χ1v) is 9.96. The first kappa shape index (κ1) is 18.6. The van der Waals surface area contributed by atoms with E-state index in [1.54, 1.807) is 13.8 Å². The summed E-state index contributed by atoms with van der Waals surface area (Å²) < 4.78 is 19.1. The summed E-state index contributed by atoms with van der Waals surface area (Å²) in [5.74, 6) is 1.15. The molecule has 4 bridgehead atoms. The van der Waals surface area contributed by atoms with Gasteiger partial charge in [0, 0.05) is 0 Å². The summed E-state index contributed by atoms with van der Waals surface area (Å²) in [4.78, 5) is 13.0. The number of nitrogens with one attached hydrogen (secondary N) is 1. The third kappa shape index (κ3) is 3.18. The molecule has 1 N–H and O–H groups in total. The molecule has 0 radical (unpaired) electrons. The van der Waals surface area contributed by atoms with Crippen LogP contribution >= 0.6 is 11.6 Å². The predicted octanol–water partition coefficient (Wildman–Crippen LogP) is 4.47. The Bertz CT molecular complexity index is 805. The maximum absolute atomic E-state index is 13.2. The maximum Gasteiger partial charge on any atom is 0.263 e. The van der Waals surface area contributed by atoms with Gasteiger partial charge < -0.3 is 10.1 Å². The van der Waals surface area contributed by atoms with Crippen LogP contribution < -0.4 is 10.1 Å². The highest BCUT2D eigenvalue weighted by Crippen LogP contribution is 2.59. The van der Waals surface area contributed by atoms with E-state index in [-0.39, 0.29) is 22.7 Å². The van der Waals surface area contributed by atoms with E-state index in [1.165, 1.54) is 18.6 Å². The molecule has 4 aliphatic rings. The second-order valence-corrected chi connectivity index (χ2v) is 9.42. The molecule has 5 rings (SSSR count). The van der Waals surface area contributed by atoms with Gasteiger partial charge >= 0.3 is 0 Å². The van der Waals surface area contributed by atoms with Crippen LogP contribution in [0.15, 0.2) is 18.2 Å². The van der Waals surface area contributed by atoms with Crippen molar-refractivity contribution in [3.63, 3.8) is 0 Å². The molecule has 4 fully saturated rings. The molecule has 4 aliphatic carbocycles. The van der Waals surface area contributed by atoms with Gasteiger partial charge in [-0.25, -0.2) is 4.39 Å². The summed E-state index contributed by atoms with van der Waals surface area (Å²) in [6.07, 6.45) is 5.18. The average Bonchev–Trinajstić information content (AvgIpc) is 2.59. The number of ether oxygens (including phenoxy) is 1. The Kier molecular flexibility index (Phi) is 4.38. The lowest BCUT2D eigenvalue weighted by Gasteiger charge is -2.58. The lowest BCUT2D eigenvalue weighted by atomic mass is 9.47. The lowest BCUT2D eigenvalue weighted by molar-refractivity contribution is -0.140. The third-order valence-electron chi connectivity index (χ3n) is 6.63. The van der Waals surface area contributed by atoms with E-state index in [4.69, 9.17) is 16.3 Å². The minimum atomic E-state index is -1.19. The number of hydrogen-bond donors (Lipinski definition) is 1. The van der Waals surface area contributed by atoms with Gasteiger partial charge in [0.25, 0.3) is 5.91 Å². The van der Waals surface area contributed by atoms with Crippen LogP contribution in [0.4, 0.5) is 4.39 Å². The molecule has 2 unspecified atom stereocenters. The molecule has 0 aromatic heterocycles. The van der Waals surface area contributed by atoms with Crippen LogP contribution in [0.25, 0.3) is 0 Å².